The van der Waals surface area contributed by atoms with Gasteiger partial charge in [-0.05, 0) is 31.4 Å². The number of rotatable bonds is 2. The van der Waals surface area contributed by atoms with Crippen molar-refractivity contribution in [1.29, 1.82) is 0 Å². The first kappa shape index (κ1) is 10.9. The van der Waals surface area contributed by atoms with Crippen LogP contribution >= 0.6 is 0 Å². The lowest BCUT2D eigenvalue weighted by molar-refractivity contribution is -0.115. The van der Waals surface area contributed by atoms with Crippen molar-refractivity contribution < 1.29 is 9.18 Å². The van der Waals surface area contributed by atoms with E-state index in [2.05, 4.69) is 0 Å². The van der Waals surface area contributed by atoms with E-state index >= 15 is 0 Å². The van der Waals surface area contributed by atoms with Crippen LogP contribution in [0.5, 0.6) is 0 Å². The summed E-state index contributed by atoms with van der Waals surface area (Å²) >= 11 is 0. The molecule has 0 unspecified atom stereocenters. The highest BCUT2D eigenvalue weighted by atomic mass is 19.1. The maximum Gasteiger partial charge on any atom is 0.253 e. The van der Waals surface area contributed by atoms with Crippen molar-refractivity contribution >= 4 is 11.6 Å². The van der Waals surface area contributed by atoms with Crippen molar-refractivity contribution in [2.24, 2.45) is 0 Å². The minimum Gasteiger partial charge on any atom is -0.309 e. The molecule has 1 aromatic rings. The Bertz CT molecular complexity index is 439. The summed E-state index contributed by atoms with van der Waals surface area (Å²) in [6.45, 7) is 0. The average molecular weight is 219 g/mol. The second-order valence-corrected chi connectivity index (χ2v) is 3.94. The number of nitrogens with zero attached hydrogens (tertiary/aromatic N) is 1. The van der Waals surface area contributed by atoms with Crippen LogP contribution in [0.3, 0.4) is 0 Å². The molecule has 16 heavy (non-hydrogen) atoms. The Morgan fingerprint density at radius 3 is 2.75 bits per heavy atom. The van der Waals surface area contributed by atoms with Gasteiger partial charge in [-0.3, -0.25) is 4.79 Å². The number of likely N-dealkylation sites (N-methyl/N-ethyl adjacent to an activating group) is 1. The Kier molecular flexibility index (Phi) is 3.04. The van der Waals surface area contributed by atoms with E-state index in [1.807, 2.05) is 6.08 Å². The van der Waals surface area contributed by atoms with Gasteiger partial charge in [-0.15, -0.1) is 0 Å². The predicted molar refractivity (Wildman–Crippen MR) is 61.7 cm³/mol. The van der Waals surface area contributed by atoms with Gasteiger partial charge in [0.2, 0.25) is 0 Å². The molecule has 0 atom stereocenters. The number of allylic oxidation sites excluding steroid dienone is 1. The van der Waals surface area contributed by atoms with E-state index < -0.39 is 0 Å². The van der Waals surface area contributed by atoms with Crippen molar-refractivity contribution in [3.8, 4) is 0 Å². The second-order valence-electron chi connectivity index (χ2n) is 3.94. The minimum absolute atomic E-state index is 0.0948. The van der Waals surface area contributed by atoms with Crippen LogP contribution in [0.15, 0.2) is 35.9 Å². The number of carbonyl (C=O) groups excluding carboxylic acids is 1. The molecular formula is C13H14FNO. The van der Waals surface area contributed by atoms with Crippen LogP contribution in [0, 0.1) is 5.82 Å². The first-order chi connectivity index (χ1) is 7.70. The number of para-hydroxylation sites is 1. The summed E-state index contributed by atoms with van der Waals surface area (Å²) in [5, 5.41) is 0. The van der Waals surface area contributed by atoms with Gasteiger partial charge >= 0.3 is 0 Å². The molecule has 1 aromatic carbocycles. The first-order valence-electron chi connectivity index (χ1n) is 5.42. The fourth-order valence-corrected chi connectivity index (χ4v) is 1.91. The minimum atomic E-state index is -0.364. The number of benzene rings is 1. The summed E-state index contributed by atoms with van der Waals surface area (Å²) in [6, 6.07) is 6.32. The fraction of sp³-hybridized carbons (Fsp3) is 0.308. The lowest BCUT2D eigenvalue weighted by atomic mass is 10.2. The maximum atomic E-state index is 13.5. The zero-order valence-corrected chi connectivity index (χ0v) is 9.24. The highest BCUT2D eigenvalue weighted by molar-refractivity contribution is 6.05. The quantitative estimate of drug-likeness (QED) is 0.749. The van der Waals surface area contributed by atoms with Gasteiger partial charge in [0.05, 0.1) is 5.69 Å². The molecule has 1 amide bonds. The van der Waals surface area contributed by atoms with Crippen LogP contribution < -0.4 is 4.90 Å². The number of halogens is 1. The van der Waals surface area contributed by atoms with Gasteiger partial charge in [0.25, 0.3) is 5.91 Å². The summed E-state index contributed by atoms with van der Waals surface area (Å²) in [5.41, 5.74) is 1.13. The number of anilines is 1. The van der Waals surface area contributed by atoms with Crippen molar-refractivity contribution in [1.82, 2.24) is 0 Å². The van der Waals surface area contributed by atoms with Crippen LogP contribution in [-0.2, 0) is 4.79 Å². The first-order valence-corrected chi connectivity index (χ1v) is 5.42. The van der Waals surface area contributed by atoms with Gasteiger partial charge in [0, 0.05) is 12.6 Å². The molecule has 2 rings (SSSR count). The molecule has 0 N–H and O–H groups in total. The Morgan fingerprint density at radius 2 is 2.12 bits per heavy atom. The second kappa shape index (κ2) is 4.47. The van der Waals surface area contributed by atoms with Crippen LogP contribution in [0.4, 0.5) is 10.1 Å². The monoisotopic (exact) mass is 219 g/mol. The van der Waals surface area contributed by atoms with Gasteiger partial charge in [0.15, 0.2) is 0 Å². The fourth-order valence-electron chi connectivity index (χ4n) is 1.91. The number of carbonyl (C=O) groups is 1. The molecule has 0 heterocycles. The molecule has 0 fully saturated rings. The van der Waals surface area contributed by atoms with Gasteiger partial charge < -0.3 is 4.90 Å². The third kappa shape index (κ3) is 1.98. The molecule has 1 aliphatic carbocycles. The third-order valence-corrected chi connectivity index (χ3v) is 2.83. The van der Waals surface area contributed by atoms with Gasteiger partial charge in [-0.2, -0.15) is 0 Å². The third-order valence-electron chi connectivity index (χ3n) is 2.83. The molecule has 0 aromatic heterocycles. The van der Waals surface area contributed by atoms with Crippen molar-refractivity contribution in [2.75, 3.05) is 11.9 Å². The van der Waals surface area contributed by atoms with Gasteiger partial charge in [0.1, 0.15) is 5.82 Å². The number of hydrogen-bond donors (Lipinski definition) is 0. The van der Waals surface area contributed by atoms with Crippen LogP contribution in [0.2, 0.25) is 0 Å². The van der Waals surface area contributed by atoms with E-state index in [-0.39, 0.29) is 11.7 Å². The Hall–Kier alpha value is -1.64. The summed E-state index contributed by atoms with van der Waals surface area (Å²) in [5.74, 6) is -0.459. The van der Waals surface area contributed by atoms with Gasteiger partial charge in [-0.1, -0.05) is 18.2 Å². The Labute approximate surface area is 94.4 Å². The van der Waals surface area contributed by atoms with E-state index in [0.29, 0.717) is 5.69 Å². The standard InChI is InChI=1S/C13H14FNO/c1-15(12-9-5-4-8-11(12)14)13(16)10-6-2-3-7-10/h4-6,8-9H,2-3,7H2,1H3. The molecule has 0 radical (unpaired) electrons. The lowest BCUT2D eigenvalue weighted by Gasteiger charge is -2.18. The van der Waals surface area contributed by atoms with Crippen LogP contribution in [-0.4, -0.2) is 13.0 Å². The molecule has 0 aliphatic heterocycles. The van der Waals surface area contributed by atoms with E-state index in [4.69, 9.17) is 0 Å². The summed E-state index contributed by atoms with van der Waals surface area (Å²) < 4.78 is 13.5. The molecule has 3 heteroatoms. The number of hydrogen-bond acceptors (Lipinski definition) is 1. The van der Waals surface area contributed by atoms with E-state index in [9.17, 15) is 9.18 Å². The normalized spacial score (nSPS) is 14.8. The predicted octanol–water partition coefficient (Wildman–Crippen LogP) is 2.90. The van der Waals surface area contributed by atoms with Crippen LogP contribution in [0.25, 0.3) is 0 Å². The molecular weight excluding hydrogens is 205 g/mol. The van der Waals surface area contributed by atoms with E-state index in [0.717, 1.165) is 24.8 Å². The summed E-state index contributed by atoms with van der Waals surface area (Å²) in [7, 11) is 1.61. The molecule has 0 saturated carbocycles. The van der Waals surface area contributed by atoms with E-state index in [1.54, 1.807) is 25.2 Å². The highest BCUT2D eigenvalue weighted by Gasteiger charge is 2.20. The van der Waals surface area contributed by atoms with Crippen molar-refractivity contribution in [3.05, 3.63) is 41.7 Å². The largest absolute Gasteiger partial charge is 0.309 e. The molecule has 0 bridgehead atoms. The van der Waals surface area contributed by atoms with Crippen molar-refractivity contribution in [2.45, 2.75) is 19.3 Å². The average Bonchev–Trinajstić information content (AvgIpc) is 2.81. The van der Waals surface area contributed by atoms with Crippen molar-refractivity contribution in [3.63, 3.8) is 0 Å². The molecule has 2 nitrogen and oxygen atoms in total. The highest BCUT2D eigenvalue weighted by Crippen LogP contribution is 2.23. The molecule has 84 valence electrons. The van der Waals surface area contributed by atoms with E-state index in [1.165, 1.54) is 11.0 Å². The zero-order valence-electron chi connectivity index (χ0n) is 9.24. The number of amides is 1. The lowest BCUT2D eigenvalue weighted by Crippen LogP contribution is -2.28. The Morgan fingerprint density at radius 1 is 1.38 bits per heavy atom. The SMILES string of the molecule is CN(C(=O)C1=CCCC1)c1ccccc1F. The molecule has 1 aliphatic rings. The smallest absolute Gasteiger partial charge is 0.253 e. The summed E-state index contributed by atoms with van der Waals surface area (Å²) in [4.78, 5) is 13.4. The van der Waals surface area contributed by atoms with Gasteiger partial charge in [-0.25, -0.2) is 4.39 Å². The Balaban J connectivity index is 2.22. The topological polar surface area (TPSA) is 20.3 Å². The maximum absolute atomic E-state index is 13.5. The zero-order chi connectivity index (χ0) is 11.5. The van der Waals surface area contributed by atoms with Crippen LogP contribution in [0.1, 0.15) is 19.3 Å². The summed E-state index contributed by atoms with van der Waals surface area (Å²) in [6.07, 6.45) is 4.72. The molecule has 0 saturated heterocycles. The molecule has 0 spiro atoms.